The predicted molar refractivity (Wildman–Crippen MR) is 125 cm³/mol. The Hall–Kier alpha value is -2.88. The number of non-ortho nitro benzene ring substituents is 1. The van der Waals surface area contributed by atoms with Crippen LogP contribution in [0, 0.1) is 20.2 Å². The van der Waals surface area contributed by atoms with Gasteiger partial charge < -0.3 is 19.7 Å². The van der Waals surface area contributed by atoms with Gasteiger partial charge in [0.25, 0.3) is 27.4 Å². The van der Waals surface area contributed by atoms with Crippen molar-refractivity contribution in [2.75, 3.05) is 50.6 Å². The maximum absolute atomic E-state index is 13.0. The van der Waals surface area contributed by atoms with Gasteiger partial charge in [-0.2, -0.15) is 8.42 Å². The average Bonchev–Trinajstić information content (AvgIpc) is 2.80. The number of amides is 1. The van der Waals surface area contributed by atoms with Crippen molar-refractivity contribution < 1.29 is 36.7 Å². The van der Waals surface area contributed by atoms with E-state index in [1.165, 1.54) is 4.90 Å². The van der Waals surface area contributed by atoms with Crippen molar-refractivity contribution in [3.8, 4) is 0 Å². The van der Waals surface area contributed by atoms with Gasteiger partial charge in [0.05, 0.1) is 40.9 Å². The molecule has 1 saturated heterocycles. The van der Waals surface area contributed by atoms with E-state index < -0.39 is 37.2 Å². The SMILES string of the molecule is CCCN(CCOS(C)(=O)=O)c1c(C(=O)NCCOC2CCCCO2)cc([N+](=O)[O-])cc1[N+](=O)[O-]. The minimum absolute atomic E-state index is 0.0413. The van der Waals surface area contributed by atoms with E-state index in [4.69, 9.17) is 13.7 Å². The van der Waals surface area contributed by atoms with Crippen LogP contribution in [0.3, 0.4) is 0 Å². The minimum Gasteiger partial charge on any atom is -0.363 e. The van der Waals surface area contributed by atoms with E-state index in [-0.39, 0.29) is 50.4 Å². The Morgan fingerprint density at radius 3 is 2.51 bits per heavy atom. The summed E-state index contributed by atoms with van der Waals surface area (Å²) in [5, 5.41) is 25.8. The summed E-state index contributed by atoms with van der Waals surface area (Å²) in [6.07, 6.45) is 3.64. The lowest BCUT2D eigenvalue weighted by Crippen LogP contribution is -2.34. The molecule has 0 radical (unpaired) electrons. The third-order valence-electron chi connectivity index (χ3n) is 5.02. The first-order valence-electron chi connectivity index (χ1n) is 11.1. The summed E-state index contributed by atoms with van der Waals surface area (Å²) in [5.41, 5.74) is -1.72. The molecular formula is C20H30N4O10S. The van der Waals surface area contributed by atoms with Gasteiger partial charge in [0.15, 0.2) is 6.29 Å². The Bertz CT molecular complexity index is 1010. The highest BCUT2D eigenvalue weighted by Gasteiger charge is 2.31. The maximum Gasteiger partial charge on any atom is 0.300 e. The summed E-state index contributed by atoms with van der Waals surface area (Å²) in [4.78, 5) is 36.0. The number of carbonyl (C=O) groups excluding carboxylic acids is 1. The second-order valence-corrected chi connectivity index (χ2v) is 9.46. The van der Waals surface area contributed by atoms with Crippen LogP contribution in [-0.4, -0.2) is 76.2 Å². The lowest BCUT2D eigenvalue weighted by molar-refractivity contribution is -0.393. The van der Waals surface area contributed by atoms with E-state index in [0.717, 1.165) is 37.7 Å². The zero-order valence-electron chi connectivity index (χ0n) is 19.6. The molecule has 0 saturated carbocycles. The molecule has 1 aromatic rings. The van der Waals surface area contributed by atoms with Gasteiger partial charge in [-0.25, -0.2) is 0 Å². The van der Waals surface area contributed by atoms with Gasteiger partial charge in [-0.3, -0.25) is 29.2 Å². The molecule has 1 heterocycles. The molecule has 0 spiro atoms. The minimum atomic E-state index is -3.77. The first kappa shape index (κ1) is 28.4. The van der Waals surface area contributed by atoms with Crippen LogP contribution in [-0.2, 0) is 23.8 Å². The highest BCUT2D eigenvalue weighted by molar-refractivity contribution is 7.85. The number of nitrogens with one attached hydrogen (secondary N) is 1. The third-order valence-corrected chi connectivity index (χ3v) is 5.62. The molecule has 1 unspecified atom stereocenters. The summed E-state index contributed by atoms with van der Waals surface area (Å²) >= 11 is 0. The standard InChI is InChI=1S/C20H30N4O10S/c1-3-8-22(9-12-34-35(2,30)31)19-16(13-15(23(26)27)14-17(19)24(28)29)20(25)21-7-11-33-18-6-4-5-10-32-18/h13-14,18H,3-12H2,1-2H3,(H,21,25). The number of carbonyl (C=O) groups is 1. The zero-order valence-corrected chi connectivity index (χ0v) is 20.5. The fourth-order valence-electron chi connectivity index (χ4n) is 3.55. The molecule has 0 bridgehead atoms. The molecule has 1 aliphatic heterocycles. The average molecular weight is 519 g/mol. The number of anilines is 1. The summed E-state index contributed by atoms with van der Waals surface area (Å²) < 4.78 is 38.4. The molecule has 196 valence electrons. The van der Waals surface area contributed by atoms with Gasteiger partial charge in [-0.05, 0) is 25.7 Å². The number of hydrogen-bond acceptors (Lipinski definition) is 11. The molecule has 0 aliphatic carbocycles. The Balaban J connectivity index is 2.31. The van der Waals surface area contributed by atoms with Gasteiger partial charge in [-0.15, -0.1) is 0 Å². The van der Waals surface area contributed by atoms with E-state index in [0.29, 0.717) is 13.0 Å². The molecule has 35 heavy (non-hydrogen) atoms. The van der Waals surface area contributed by atoms with Crippen LogP contribution in [0.4, 0.5) is 17.1 Å². The smallest absolute Gasteiger partial charge is 0.300 e. The molecule has 1 aromatic carbocycles. The van der Waals surface area contributed by atoms with Crippen molar-refractivity contribution in [1.29, 1.82) is 0 Å². The Labute approximate surface area is 202 Å². The Kier molecular flexibility index (Phi) is 10.8. The van der Waals surface area contributed by atoms with Crippen molar-refractivity contribution in [3.63, 3.8) is 0 Å². The highest BCUT2D eigenvalue weighted by Crippen LogP contribution is 2.36. The van der Waals surface area contributed by atoms with Gasteiger partial charge in [0.1, 0.15) is 5.69 Å². The molecule has 1 amide bonds. The second kappa shape index (κ2) is 13.3. The molecule has 1 aliphatic rings. The molecule has 2 rings (SSSR count). The number of nitrogens with zero attached hydrogens (tertiary/aromatic N) is 3. The quantitative estimate of drug-likeness (QED) is 0.164. The van der Waals surface area contributed by atoms with Crippen LogP contribution in [0.25, 0.3) is 0 Å². The Morgan fingerprint density at radius 1 is 1.20 bits per heavy atom. The normalized spacial score (nSPS) is 16.0. The molecule has 1 fully saturated rings. The summed E-state index contributed by atoms with van der Waals surface area (Å²) in [6.45, 7) is 2.29. The molecule has 15 heteroatoms. The topological polar surface area (TPSA) is 180 Å². The van der Waals surface area contributed by atoms with Crippen LogP contribution in [0.2, 0.25) is 0 Å². The van der Waals surface area contributed by atoms with Gasteiger partial charge >= 0.3 is 0 Å². The highest BCUT2D eigenvalue weighted by atomic mass is 32.2. The number of nitro groups is 2. The van der Waals surface area contributed by atoms with Crippen LogP contribution in [0.1, 0.15) is 43.0 Å². The van der Waals surface area contributed by atoms with Crippen molar-refractivity contribution in [2.24, 2.45) is 0 Å². The first-order valence-corrected chi connectivity index (χ1v) is 12.9. The number of rotatable bonds is 14. The predicted octanol–water partition coefficient (Wildman–Crippen LogP) is 1.97. The number of benzene rings is 1. The summed E-state index contributed by atoms with van der Waals surface area (Å²) in [6, 6.07) is 1.73. The molecular weight excluding hydrogens is 488 g/mol. The van der Waals surface area contributed by atoms with Gasteiger partial charge in [0.2, 0.25) is 0 Å². The molecule has 0 aromatic heterocycles. The number of nitro benzene ring substituents is 2. The van der Waals surface area contributed by atoms with E-state index in [2.05, 4.69) is 5.32 Å². The van der Waals surface area contributed by atoms with Crippen LogP contribution >= 0.6 is 0 Å². The van der Waals surface area contributed by atoms with E-state index >= 15 is 0 Å². The summed E-state index contributed by atoms with van der Waals surface area (Å²) in [7, 11) is -3.77. The largest absolute Gasteiger partial charge is 0.363 e. The van der Waals surface area contributed by atoms with Crippen LogP contribution in [0.5, 0.6) is 0 Å². The van der Waals surface area contributed by atoms with Gasteiger partial charge in [-0.1, -0.05) is 6.92 Å². The molecule has 14 nitrogen and oxygen atoms in total. The lowest BCUT2D eigenvalue weighted by Gasteiger charge is -2.26. The lowest BCUT2D eigenvalue weighted by atomic mass is 10.1. The monoisotopic (exact) mass is 518 g/mol. The second-order valence-electron chi connectivity index (χ2n) is 7.81. The van der Waals surface area contributed by atoms with Crippen LogP contribution < -0.4 is 10.2 Å². The van der Waals surface area contributed by atoms with Crippen molar-refractivity contribution in [2.45, 2.75) is 38.9 Å². The van der Waals surface area contributed by atoms with E-state index in [9.17, 15) is 33.4 Å². The fraction of sp³-hybridized carbons (Fsp3) is 0.650. The van der Waals surface area contributed by atoms with E-state index in [1.54, 1.807) is 6.92 Å². The first-order chi connectivity index (χ1) is 16.5. The number of hydrogen-bond donors (Lipinski definition) is 1. The molecule has 1 N–H and O–H groups in total. The van der Waals surface area contributed by atoms with E-state index in [1.807, 2.05) is 0 Å². The van der Waals surface area contributed by atoms with Crippen molar-refractivity contribution >= 4 is 33.1 Å². The van der Waals surface area contributed by atoms with Gasteiger partial charge in [0, 0.05) is 32.3 Å². The molecule has 1 atom stereocenters. The summed E-state index contributed by atoms with van der Waals surface area (Å²) in [5.74, 6) is -0.773. The number of ether oxygens (including phenoxy) is 2. The van der Waals surface area contributed by atoms with Crippen molar-refractivity contribution in [1.82, 2.24) is 5.32 Å². The zero-order chi connectivity index (χ0) is 26.0. The third kappa shape index (κ3) is 9.01. The Morgan fingerprint density at radius 2 is 1.94 bits per heavy atom. The maximum atomic E-state index is 13.0. The fourth-order valence-corrected chi connectivity index (χ4v) is 3.93. The van der Waals surface area contributed by atoms with Crippen molar-refractivity contribution in [3.05, 3.63) is 37.9 Å². The van der Waals surface area contributed by atoms with Crippen LogP contribution in [0.15, 0.2) is 12.1 Å².